The second kappa shape index (κ2) is 8.92. The number of piperidine rings is 1. The normalized spacial score (nSPS) is 14.4. The quantitative estimate of drug-likeness (QED) is 0.396. The van der Waals surface area contributed by atoms with Crippen molar-refractivity contribution < 1.29 is 9.47 Å². The summed E-state index contributed by atoms with van der Waals surface area (Å²) in [4.78, 5) is 2.35. The molecule has 0 spiro atoms. The van der Waals surface area contributed by atoms with Crippen LogP contribution in [0.15, 0.2) is 54.6 Å². The summed E-state index contributed by atoms with van der Waals surface area (Å²) in [7, 11) is 3.36. The lowest BCUT2D eigenvalue weighted by molar-refractivity contribution is 0.401. The molecule has 0 bridgehead atoms. The number of fused-ring (bicyclic) bond motifs is 1. The van der Waals surface area contributed by atoms with Gasteiger partial charge in [0.2, 0.25) is 0 Å². The summed E-state index contributed by atoms with van der Waals surface area (Å²) in [6, 6.07) is 20.6. The average molecular weight is 399 g/mol. The van der Waals surface area contributed by atoms with Gasteiger partial charge in [-0.05, 0) is 53.8 Å². The van der Waals surface area contributed by atoms with Gasteiger partial charge in [0.25, 0.3) is 0 Å². The fraction of sp³-hybridized carbons (Fsp3) is 0.269. The molecule has 1 aliphatic heterocycles. The molecule has 0 aliphatic carbocycles. The summed E-state index contributed by atoms with van der Waals surface area (Å²) < 4.78 is 11.4. The van der Waals surface area contributed by atoms with Gasteiger partial charge in [-0.1, -0.05) is 36.4 Å². The Labute approximate surface area is 178 Å². The highest BCUT2D eigenvalue weighted by Crippen LogP contribution is 2.38. The molecule has 0 amide bonds. The topological polar surface area (TPSA) is 45.5 Å². The first-order valence-corrected chi connectivity index (χ1v) is 10.4. The van der Waals surface area contributed by atoms with Gasteiger partial charge in [-0.15, -0.1) is 0 Å². The lowest BCUT2D eigenvalue weighted by Gasteiger charge is -2.30. The Morgan fingerprint density at radius 2 is 1.63 bits per heavy atom. The van der Waals surface area contributed by atoms with Crippen molar-refractivity contribution >= 4 is 28.1 Å². The van der Waals surface area contributed by atoms with Crippen molar-refractivity contribution in [1.29, 1.82) is 5.26 Å². The summed E-state index contributed by atoms with van der Waals surface area (Å²) >= 11 is 0. The van der Waals surface area contributed by atoms with Gasteiger partial charge in [-0.2, -0.15) is 5.26 Å². The smallest absolute Gasteiger partial charge is 0.143 e. The third-order valence-corrected chi connectivity index (χ3v) is 5.71. The number of nitriles is 1. The van der Waals surface area contributed by atoms with Gasteiger partial charge in [-0.25, -0.2) is 0 Å². The minimum Gasteiger partial charge on any atom is -0.496 e. The van der Waals surface area contributed by atoms with Crippen molar-refractivity contribution in [3.8, 4) is 17.6 Å². The molecular weight excluding hydrogens is 372 g/mol. The Hall–Kier alpha value is -3.45. The molecule has 4 nitrogen and oxygen atoms in total. The zero-order valence-corrected chi connectivity index (χ0v) is 17.5. The summed E-state index contributed by atoms with van der Waals surface area (Å²) in [5, 5.41) is 12.1. The van der Waals surface area contributed by atoms with E-state index in [-0.39, 0.29) is 0 Å². The van der Waals surface area contributed by atoms with Crippen LogP contribution in [0.4, 0.5) is 5.69 Å². The van der Waals surface area contributed by atoms with Crippen molar-refractivity contribution in [1.82, 2.24) is 0 Å². The fourth-order valence-electron chi connectivity index (χ4n) is 4.09. The van der Waals surface area contributed by atoms with Crippen LogP contribution in [0.2, 0.25) is 0 Å². The van der Waals surface area contributed by atoms with Crippen molar-refractivity contribution in [2.24, 2.45) is 0 Å². The third-order valence-electron chi connectivity index (χ3n) is 5.71. The molecule has 4 heteroatoms. The molecule has 3 aromatic rings. The van der Waals surface area contributed by atoms with Crippen LogP contribution in [0.5, 0.6) is 11.5 Å². The minimum atomic E-state index is 0.590. The number of hydrogen-bond donors (Lipinski definition) is 0. The number of hydrogen-bond acceptors (Lipinski definition) is 4. The molecule has 1 heterocycles. The lowest BCUT2D eigenvalue weighted by Crippen LogP contribution is -2.29. The first-order chi connectivity index (χ1) is 14.7. The van der Waals surface area contributed by atoms with E-state index in [0.717, 1.165) is 52.2 Å². The highest BCUT2D eigenvalue weighted by atomic mass is 16.5. The van der Waals surface area contributed by atoms with Gasteiger partial charge < -0.3 is 14.4 Å². The maximum absolute atomic E-state index is 9.86. The molecule has 0 aromatic heterocycles. The molecule has 1 fully saturated rings. The molecule has 0 atom stereocenters. The van der Waals surface area contributed by atoms with E-state index in [1.54, 1.807) is 14.2 Å². The molecule has 0 radical (unpaired) electrons. The van der Waals surface area contributed by atoms with Crippen LogP contribution >= 0.6 is 0 Å². The number of nitrogens with zero attached hydrogens (tertiary/aromatic N) is 2. The first-order valence-electron chi connectivity index (χ1n) is 10.4. The largest absolute Gasteiger partial charge is 0.496 e. The second-order valence-corrected chi connectivity index (χ2v) is 7.55. The summed E-state index contributed by atoms with van der Waals surface area (Å²) in [6.45, 7) is 2.05. The average Bonchev–Trinajstić information content (AvgIpc) is 2.82. The Balaban J connectivity index is 1.77. The highest BCUT2D eigenvalue weighted by molar-refractivity contribution is 5.95. The Morgan fingerprint density at radius 1 is 0.900 bits per heavy atom. The second-order valence-electron chi connectivity index (χ2n) is 7.55. The van der Waals surface area contributed by atoms with E-state index in [4.69, 9.17) is 9.47 Å². The van der Waals surface area contributed by atoms with Gasteiger partial charge in [0, 0.05) is 24.7 Å². The number of anilines is 1. The van der Waals surface area contributed by atoms with Crippen molar-refractivity contribution in [3.63, 3.8) is 0 Å². The zero-order valence-electron chi connectivity index (χ0n) is 17.5. The van der Waals surface area contributed by atoms with E-state index in [1.165, 1.54) is 19.3 Å². The van der Waals surface area contributed by atoms with Crippen LogP contribution in [-0.2, 0) is 0 Å². The highest BCUT2D eigenvalue weighted by Gasteiger charge is 2.18. The van der Waals surface area contributed by atoms with Gasteiger partial charge in [0.05, 0.1) is 31.5 Å². The molecule has 1 aliphatic rings. The van der Waals surface area contributed by atoms with E-state index in [0.29, 0.717) is 5.57 Å². The van der Waals surface area contributed by atoms with Gasteiger partial charge >= 0.3 is 0 Å². The van der Waals surface area contributed by atoms with Crippen molar-refractivity contribution in [2.75, 3.05) is 32.2 Å². The standard InChI is InChI=1S/C26H26N2O2/c1-29-25-17-24(28-12-6-3-7-13-28)26(30-2)16-22(25)15-23(18-27)21-11-10-19-8-4-5-9-20(19)14-21/h4-5,8-11,14-17H,3,6-7,12-13H2,1-2H3. The first kappa shape index (κ1) is 19.8. The number of benzene rings is 3. The molecule has 1 saturated heterocycles. The molecule has 4 rings (SSSR count). The number of allylic oxidation sites excluding steroid dienone is 1. The minimum absolute atomic E-state index is 0.590. The lowest BCUT2D eigenvalue weighted by atomic mass is 9.99. The van der Waals surface area contributed by atoms with Crippen LogP contribution in [0.25, 0.3) is 22.4 Å². The molecule has 0 N–H and O–H groups in total. The molecule has 152 valence electrons. The fourth-order valence-corrected chi connectivity index (χ4v) is 4.09. The Kier molecular flexibility index (Phi) is 5.90. The van der Waals surface area contributed by atoms with Crippen LogP contribution < -0.4 is 14.4 Å². The van der Waals surface area contributed by atoms with Crippen molar-refractivity contribution in [2.45, 2.75) is 19.3 Å². The molecule has 3 aromatic carbocycles. The van der Waals surface area contributed by atoms with Gasteiger partial charge in [0.1, 0.15) is 11.5 Å². The van der Waals surface area contributed by atoms with E-state index in [1.807, 2.05) is 42.5 Å². The maximum atomic E-state index is 9.86. The number of rotatable bonds is 5. The van der Waals surface area contributed by atoms with Crippen LogP contribution in [0, 0.1) is 11.3 Å². The van der Waals surface area contributed by atoms with Crippen LogP contribution in [0.3, 0.4) is 0 Å². The predicted octanol–water partition coefficient (Wildman–Crippen LogP) is 5.91. The van der Waals surface area contributed by atoms with E-state index >= 15 is 0 Å². The summed E-state index contributed by atoms with van der Waals surface area (Å²) in [6.07, 6.45) is 5.53. The summed E-state index contributed by atoms with van der Waals surface area (Å²) in [5.41, 5.74) is 3.36. The molecule has 0 saturated carbocycles. The van der Waals surface area contributed by atoms with Crippen LogP contribution in [-0.4, -0.2) is 27.3 Å². The third kappa shape index (κ3) is 3.97. The SMILES string of the molecule is COc1cc(N2CCCCC2)c(OC)cc1C=C(C#N)c1ccc2ccccc2c1. The zero-order chi connectivity index (χ0) is 20.9. The monoisotopic (exact) mass is 398 g/mol. The van der Waals surface area contributed by atoms with Crippen molar-refractivity contribution in [3.05, 3.63) is 65.7 Å². The summed E-state index contributed by atoms with van der Waals surface area (Å²) in [5.74, 6) is 1.55. The number of ether oxygens (including phenoxy) is 2. The number of methoxy groups -OCH3 is 2. The molecule has 30 heavy (non-hydrogen) atoms. The van der Waals surface area contributed by atoms with Crippen LogP contribution in [0.1, 0.15) is 30.4 Å². The maximum Gasteiger partial charge on any atom is 0.143 e. The van der Waals surface area contributed by atoms with E-state index < -0.39 is 0 Å². The predicted molar refractivity (Wildman–Crippen MR) is 123 cm³/mol. The Bertz CT molecular complexity index is 1120. The van der Waals surface area contributed by atoms with Gasteiger partial charge in [0.15, 0.2) is 0 Å². The van der Waals surface area contributed by atoms with Gasteiger partial charge in [-0.3, -0.25) is 0 Å². The molecular formula is C26H26N2O2. The van der Waals surface area contributed by atoms with E-state index in [9.17, 15) is 5.26 Å². The Morgan fingerprint density at radius 3 is 2.33 bits per heavy atom. The van der Waals surface area contributed by atoms with E-state index in [2.05, 4.69) is 29.2 Å². The molecule has 0 unspecified atom stereocenters.